The molecular formula is C13H15N3O3. The van der Waals surface area contributed by atoms with Crippen molar-refractivity contribution in [2.45, 2.75) is 32.1 Å². The van der Waals surface area contributed by atoms with Gasteiger partial charge < -0.3 is 10.4 Å². The molecule has 1 aliphatic rings. The predicted molar refractivity (Wildman–Crippen MR) is 68.8 cm³/mol. The number of nitrogens with one attached hydrogen (secondary N) is 1. The molecule has 6 heteroatoms. The zero-order valence-electron chi connectivity index (χ0n) is 10.4. The lowest BCUT2D eigenvalue weighted by Gasteiger charge is -2.12. The average molecular weight is 261 g/mol. The number of hydrogen-bond acceptors (Lipinski definition) is 4. The third kappa shape index (κ3) is 3.61. The molecule has 1 aliphatic carbocycles. The van der Waals surface area contributed by atoms with Crippen molar-refractivity contribution >= 4 is 17.7 Å². The zero-order chi connectivity index (χ0) is 13.7. The number of allylic oxidation sites excluding steroid dienone is 1. The van der Waals surface area contributed by atoms with Gasteiger partial charge in [-0.3, -0.25) is 4.79 Å². The van der Waals surface area contributed by atoms with Gasteiger partial charge in [-0.15, -0.1) is 0 Å². The van der Waals surface area contributed by atoms with Gasteiger partial charge in [0.25, 0.3) is 0 Å². The minimum atomic E-state index is -1.21. The number of carboxylic acids is 1. The topological polar surface area (TPSA) is 92.2 Å². The van der Waals surface area contributed by atoms with E-state index in [0.29, 0.717) is 0 Å². The summed E-state index contributed by atoms with van der Waals surface area (Å²) >= 11 is 0. The molecule has 1 heterocycles. The summed E-state index contributed by atoms with van der Waals surface area (Å²) in [7, 11) is 0. The van der Waals surface area contributed by atoms with Gasteiger partial charge in [0.05, 0.1) is 0 Å². The second kappa shape index (κ2) is 6.08. The average Bonchev–Trinajstić information content (AvgIpc) is 2.40. The molecule has 0 atom stereocenters. The molecule has 0 fully saturated rings. The van der Waals surface area contributed by atoms with Crippen LogP contribution < -0.4 is 5.32 Å². The second-order valence-electron chi connectivity index (χ2n) is 4.39. The molecule has 0 unspecified atom stereocenters. The first kappa shape index (κ1) is 13.2. The van der Waals surface area contributed by atoms with Crippen LogP contribution in [0, 0.1) is 0 Å². The Morgan fingerprint density at radius 3 is 2.74 bits per heavy atom. The molecule has 1 aromatic heterocycles. The lowest BCUT2D eigenvalue weighted by atomic mass is 9.97. The van der Waals surface area contributed by atoms with Gasteiger partial charge in [0.2, 0.25) is 5.91 Å². The Morgan fingerprint density at radius 2 is 2.05 bits per heavy atom. The van der Waals surface area contributed by atoms with Crippen molar-refractivity contribution < 1.29 is 14.7 Å². The minimum absolute atomic E-state index is 0.00332. The molecule has 0 saturated carbocycles. The van der Waals surface area contributed by atoms with E-state index in [9.17, 15) is 9.59 Å². The van der Waals surface area contributed by atoms with Crippen LogP contribution in [0.3, 0.4) is 0 Å². The van der Waals surface area contributed by atoms with Crippen molar-refractivity contribution in [1.82, 2.24) is 9.97 Å². The molecule has 19 heavy (non-hydrogen) atoms. The molecule has 2 N–H and O–H groups in total. The van der Waals surface area contributed by atoms with Crippen LogP contribution in [0.2, 0.25) is 0 Å². The Kier molecular flexibility index (Phi) is 4.22. The van der Waals surface area contributed by atoms with Gasteiger partial charge in [-0.25, -0.2) is 14.8 Å². The van der Waals surface area contributed by atoms with Crippen LogP contribution in [0.1, 0.15) is 42.6 Å². The number of carbonyl (C=O) groups excluding carboxylic acids is 1. The van der Waals surface area contributed by atoms with Crippen LogP contribution >= 0.6 is 0 Å². The van der Waals surface area contributed by atoms with E-state index in [1.807, 2.05) is 0 Å². The Labute approximate surface area is 110 Å². The van der Waals surface area contributed by atoms with Crippen molar-refractivity contribution in [3.05, 3.63) is 29.7 Å². The smallest absolute Gasteiger partial charge is 0.358 e. The van der Waals surface area contributed by atoms with Gasteiger partial charge in [-0.2, -0.15) is 0 Å². The van der Waals surface area contributed by atoms with E-state index in [-0.39, 0.29) is 23.8 Å². The Balaban J connectivity index is 2.02. The molecule has 0 aromatic carbocycles. The number of aromatic nitrogens is 2. The van der Waals surface area contributed by atoms with Crippen LogP contribution in [0.4, 0.5) is 5.82 Å². The fourth-order valence-electron chi connectivity index (χ4n) is 2.03. The number of aromatic carboxylic acids is 1. The van der Waals surface area contributed by atoms with Gasteiger partial charge in [0.1, 0.15) is 0 Å². The first-order valence-electron chi connectivity index (χ1n) is 6.19. The van der Waals surface area contributed by atoms with E-state index >= 15 is 0 Å². The summed E-state index contributed by atoms with van der Waals surface area (Å²) in [6.07, 6.45) is 9.20. The Morgan fingerprint density at radius 1 is 1.26 bits per heavy atom. The molecule has 0 spiro atoms. The monoisotopic (exact) mass is 261 g/mol. The van der Waals surface area contributed by atoms with Gasteiger partial charge in [-0.1, -0.05) is 11.6 Å². The summed E-state index contributed by atoms with van der Waals surface area (Å²) in [5, 5.41) is 11.4. The fourth-order valence-corrected chi connectivity index (χ4v) is 2.03. The van der Waals surface area contributed by atoms with E-state index in [4.69, 9.17) is 5.11 Å². The summed E-state index contributed by atoms with van der Waals surface area (Å²) in [6.45, 7) is 0. The lowest BCUT2D eigenvalue weighted by molar-refractivity contribution is -0.115. The van der Waals surface area contributed by atoms with Crippen LogP contribution in [0.5, 0.6) is 0 Å². The number of carboxylic acid groups (broad SMARTS) is 1. The molecule has 6 nitrogen and oxygen atoms in total. The van der Waals surface area contributed by atoms with E-state index in [2.05, 4.69) is 21.4 Å². The molecule has 0 radical (unpaired) electrons. The van der Waals surface area contributed by atoms with E-state index in [1.54, 1.807) is 0 Å². The summed E-state index contributed by atoms with van der Waals surface area (Å²) in [5.41, 5.74) is 0.859. The first-order chi connectivity index (χ1) is 9.16. The summed E-state index contributed by atoms with van der Waals surface area (Å²) in [4.78, 5) is 30.3. The molecule has 2 rings (SSSR count). The summed E-state index contributed by atoms with van der Waals surface area (Å²) < 4.78 is 0. The van der Waals surface area contributed by atoms with E-state index in [0.717, 1.165) is 24.8 Å². The SMILES string of the molecule is O=C(CC1=CCCCC1)Nc1nccnc1C(=O)O. The minimum Gasteiger partial charge on any atom is -0.476 e. The maximum atomic E-state index is 11.8. The Hall–Kier alpha value is -2.24. The van der Waals surface area contributed by atoms with Crippen LogP contribution in [-0.4, -0.2) is 27.0 Å². The van der Waals surface area contributed by atoms with Crippen LogP contribution in [0.25, 0.3) is 0 Å². The number of anilines is 1. The molecule has 0 bridgehead atoms. The van der Waals surface area contributed by atoms with Gasteiger partial charge in [0, 0.05) is 18.8 Å². The van der Waals surface area contributed by atoms with E-state index < -0.39 is 5.97 Å². The lowest BCUT2D eigenvalue weighted by Crippen LogP contribution is -2.17. The maximum absolute atomic E-state index is 11.8. The predicted octanol–water partition coefficient (Wildman–Crippen LogP) is 2.00. The van der Waals surface area contributed by atoms with Crippen LogP contribution in [-0.2, 0) is 4.79 Å². The molecule has 1 amide bonds. The molecular weight excluding hydrogens is 246 g/mol. The number of amides is 1. The van der Waals surface area contributed by atoms with Crippen molar-refractivity contribution in [1.29, 1.82) is 0 Å². The number of hydrogen-bond donors (Lipinski definition) is 2. The Bertz CT molecular complexity index is 526. The number of nitrogens with zero attached hydrogens (tertiary/aromatic N) is 2. The van der Waals surface area contributed by atoms with Crippen molar-refractivity contribution in [2.24, 2.45) is 0 Å². The fraction of sp³-hybridized carbons (Fsp3) is 0.385. The van der Waals surface area contributed by atoms with Crippen LogP contribution in [0.15, 0.2) is 24.0 Å². The second-order valence-corrected chi connectivity index (χ2v) is 4.39. The molecule has 0 saturated heterocycles. The summed E-state index contributed by atoms with van der Waals surface area (Å²) in [6, 6.07) is 0. The maximum Gasteiger partial charge on any atom is 0.358 e. The highest BCUT2D eigenvalue weighted by Gasteiger charge is 2.16. The standard InChI is InChI=1S/C13H15N3O3/c17-10(8-9-4-2-1-3-5-9)16-12-11(13(18)19)14-6-7-15-12/h4,6-7H,1-3,5,8H2,(H,18,19)(H,15,16,17). The molecule has 100 valence electrons. The first-order valence-corrected chi connectivity index (χ1v) is 6.19. The van der Waals surface area contributed by atoms with Crippen molar-refractivity contribution in [2.75, 3.05) is 5.32 Å². The van der Waals surface area contributed by atoms with Crippen molar-refractivity contribution in [3.63, 3.8) is 0 Å². The highest BCUT2D eigenvalue weighted by molar-refractivity contribution is 5.98. The quantitative estimate of drug-likeness (QED) is 0.809. The zero-order valence-corrected chi connectivity index (χ0v) is 10.4. The van der Waals surface area contributed by atoms with Gasteiger partial charge in [0.15, 0.2) is 11.5 Å². The number of rotatable bonds is 4. The van der Waals surface area contributed by atoms with E-state index in [1.165, 1.54) is 18.8 Å². The van der Waals surface area contributed by atoms with Gasteiger partial charge in [-0.05, 0) is 25.7 Å². The normalized spacial score (nSPS) is 14.6. The largest absolute Gasteiger partial charge is 0.476 e. The third-order valence-electron chi connectivity index (χ3n) is 2.93. The highest BCUT2D eigenvalue weighted by Crippen LogP contribution is 2.20. The van der Waals surface area contributed by atoms with Crippen molar-refractivity contribution in [3.8, 4) is 0 Å². The molecule has 0 aliphatic heterocycles. The highest BCUT2D eigenvalue weighted by atomic mass is 16.4. The number of carbonyl (C=O) groups is 2. The molecule has 1 aromatic rings. The summed E-state index contributed by atoms with van der Waals surface area (Å²) in [5.74, 6) is -1.46. The third-order valence-corrected chi connectivity index (χ3v) is 2.93. The van der Waals surface area contributed by atoms with Gasteiger partial charge >= 0.3 is 5.97 Å².